The molecule has 0 radical (unpaired) electrons. The molecule has 2 aromatic heterocycles. The Morgan fingerprint density at radius 1 is 0.936 bits per heavy atom. The van der Waals surface area contributed by atoms with E-state index in [0.717, 1.165) is 87.2 Å². The Labute approximate surface area is 283 Å². The predicted molar refractivity (Wildman–Crippen MR) is 181 cm³/mol. The molecule has 0 spiro atoms. The Kier molecular flexibility index (Phi) is 9.82. The maximum absolute atomic E-state index is 14.8. The van der Waals surface area contributed by atoms with Crippen molar-refractivity contribution in [3.8, 4) is 0 Å². The van der Waals surface area contributed by atoms with Crippen LogP contribution in [-0.4, -0.2) is 85.6 Å². The highest BCUT2D eigenvalue weighted by molar-refractivity contribution is 6.30. The number of piperidine rings is 1. The number of nitrogens with zero attached hydrogens (tertiary/aromatic N) is 6. The fourth-order valence-electron chi connectivity index (χ4n) is 8.29. The molecule has 2 amide bonds. The fraction of sp³-hybridized carbons (Fsp3) is 0.568. The van der Waals surface area contributed by atoms with E-state index in [4.69, 9.17) is 21.3 Å². The summed E-state index contributed by atoms with van der Waals surface area (Å²) in [6.45, 7) is 4.99. The zero-order valence-corrected chi connectivity index (χ0v) is 28.3. The van der Waals surface area contributed by atoms with Crippen molar-refractivity contribution < 1.29 is 14.3 Å². The smallest absolute Gasteiger partial charge is 0.410 e. The molecule has 47 heavy (non-hydrogen) atoms. The molecule has 0 bridgehead atoms. The van der Waals surface area contributed by atoms with Crippen LogP contribution in [0, 0.1) is 6.92 Å². The lowest BCUT2D eigenvalue weighted by molar-refractivity contribution is -0.143. The van der Waals surface area contributed by atoms with Gasteiger partial charge in [0.05, 0.1) is 23.8 Å². The molecule has 7 rings (SSSR count). The van der Waals surface area contributed by atoms with Crippen LogP contribution in [0.3, 0.4) is 0 Å². The van der Waals surface area contributed by atoms with Crippen LogP contribution in [0.4, 0.5) is 4.79 Å². The van der Waals surface area contributed by atoms with Gasteiger partial charge >= 0.3 is 6.09 Å². The normalized spacial score (nSPS) is 23.9. The van der Waals surface area contributed by atoms with E-state index in [1.807, 2.05) is 31.6 Å². The van der Waals surface area contributed by atoms with E-state index in [1.165, 1.54) is 23.1 Å². The van der Waals surface area contributed by atoms with Crippen molar-refractivity contribution in [1.82, 2.24) is 29.2 Å². The third kappa shape index (κ3) is 7.07. The summed E-state index contributed by atoms with van der Waals surface area (Å²) in [5.74, 6) is 0.0352. The lowest BCUT2D eigenvalue weighted by Crippen LogP contribution is -2.63. The van der Waals surface area contributed by atoms with Crippen LogP contribution in [0.2, 0.25) is 5.02 Å². The van der Waals surface area contributed by atoms with E-state index in [1.54, 1.807) is 4.90 Å². The van der Waals surface area contributed by atoms with Gasteiger partial charge in [-0.3, -0.25) is 19.6 Å². The molecule has 0 N–H and O–H groups in total. The van der Waals surface area contributed by atoms with Crippen LogP contribution >= 0.6 is 11.6 Å². The molecule has 250 valence electrons. The third-order valence-corrected chi connectivity index (χ3v) is 11.0. The van der Waals surface area contributed by atoms with E-state index >= 15 is 0 Å². The second-order valence-electron chi connectivity index (χ2n) is 13.9. The number of likely N-dealkylation sites (tertiary alicyclic amines) is 1. The summed E-state index contributed by atoms with van der Waals surface area (Å²) in [5.41, 5.74) is 5.65. The van der Waals surface area contributed by atoms with Gasteiger partial charge in [0.1, 0.15) is 12.1 Å². The third-order valence-electron chi connectivity index (χ3n) is 10.8. The van der Waals surface area contributed by atoms with Crippen molar-refractivity contribution in [3.63, 3.8) is 0 Å². The number of aromatic nitrogens is 3. The number of hydrogen-bond donors (Lipinski definition) is 0. The second kappa shape index (κ2) is 14.4. The first kappa shape index (κ1) is 32.1. The second-order valence-corrected chi connectivity index (χ2v) is 14.3. The highest BCUT2D eigenvalue weighted by Crippen LogP contribution is 2.38. The number of carbonyl (C=O) groups is 2. The summed E-state index contributed by atoms with van der Waals surface area (Å²) in [5, 5.41) is 0.728. The number of imidazole rings is 1. The van der Waals surface area contributed by atoms with Crippen molar-refractivity contribution in [3.05, 3.63) is 82.2 Å². The average molecular weight is 659 g/mol. The van der Waals surface area contributed by atoms with Crippen LogP contribution in [0.25, 0.3) is 0 Å². The molecule has 2 aliphatic carbocycles. The number of piperazine rings is 1. The maximum atomic E-state index is 14.8. The number of carbonyl (C=O) groups excluding carboxylic acids is 2. The minimum atomic E-state index is -0.637. The van der Waals surface area contributed by atoms with Crippen LogP contribution < -0.4 is 0 Å². The SMILES string of the molecule is Cc1cn(CC[C@H]2CCCCN2C(=O)[C@H]2CN([C@H]3c4ccc(Cl)cc4CCc4cccnc43)CCN2C(=O)OC2CCCCC2)cn1. The van der Waals surface area contributed by atoms with E-state index in [9.17, 15) is 9.59 Å². The van der Waals surface area contributed by atoms with Gasteiger partial charge in [-0.25, -0.2) is 9.78 Å². The standard InChI is InChI=1S/C37H47ClN6O3/c1-26-23-41(25-40-26)19-16-30-9-5-6-18-43(30)36(45)33-24-42(20-21-44(33)37(46)47-31-10-3-2-4-11-31)35-32-15-14-29(38)22-28(32)13-12-27-8-7-17-39-34(27)35/h7-8,14-15,17,22-23,25,30-31,33,35H,2-6,9-13,16,18-21,24H2,1H3/t30-,33-,35+/m1/s1. The summed E-state index contributed by atoms with van der Waals surface area (Å²) in [6.07, 6.45) is 16.2. The maximum Gasteiger partial charge on any atom is 0.410 e. The van der Waals surface area contributed by atoms with Gasteiger partial charge in [0.2, 0.25) is 5.91 Å². The largest absolute Gasteiger partial charge is 0.446 e. The van der Waals surface area contributed by atoms with Crippen LogP contribution in [-0.2, 0) is 28.9 Å². The van der Waals surface area contributed by atoms with Crippen LogP contribution in [0.15, 0.2) is 49.1 Å². The number of rotatable bonds is 6. The number of halogens is 1. The van der Waals surface area contributed by atoms with E-state index in [0.29, 0.717) is 26.2 Å². The Hall–Kier alpha value is -3.43. The molecular formula is C37H47ClN6O3. The average Bonchev–Trinajstić information content (AvgIpc) is 3.45. The van der Waals surface area contributed by atoms with Gasteiger partial charge in [0.25, 0.3) is 0 Å². The predicted octanol–water partition coefficient (Wildman–Crippen LogP) is 6.35. The first-order chi connectivity index (χ1) is 22.9. The zero-order valence-electron chi connectivity index (χ0n) is 27.5. The minimum absolute atomic E-state index is 0.0352. The summed E-state index contributed by atoms with van der Waals surface area (Å²) >= 11 is 6.50. The molecule has 1 saturated carbocycles. The Morgan fingerprint density at radius 2 is 1.77 bits per heavy atom. The molecule has 4 aliphatic rings. The van der Waals surface area contributed by atoms with Crippen molar-refractivity contribution in [1.29, 1.82) is 0 Å². The van der Waals surface area contributed by atoms with Gasteiger partial charge in [-0.05, 0) is 106 Å². The lowest BCUT2D eigenvalue weighted by atomic mass is 9.94. The number of fused-ring (bicyclic) bond motifs is 2. The first-order valence-corrected chi connectivity index (χ1v) is 18.0. The number of amides is 2. The molecular weight excluding hydrogens is 612 g/mol. The molecule has 2 aliphatic heterocycles. The Morgan fingerprint density at radius 3 is 2.60 bits per heavy atom. The van der Waals surface area contributed by atoms with Gasteiger partial charge < -0.3 is 14.2 Å². The van der Waals surface area contributed by atoms with Crippen molar-refractivity contribution in [2.45, 2.75) is 108 Å². The number of benzene rings is 1. The molecule has 3 aromatic rings. The molecule has 3 fully saturated rings. The van der Waals surface area contributed by atoms with Gasteiger partial charge in [-0.2, -0.15) is 0 Å². The molecule has 9 nitrogen and oxygen atoms in total. The van der Waals surface area contributed by atoms with Crippen LogP contribution in [0.1, 0.15) is 91.9 Å². The molecule has 10 heteroatoms. The number of ether oxygens (including phenoxy) is 1. The monoisotopic (exact) mass is 658 g/mol. The molecule has 4 heterocycles. The summed E-state index contributed by atoms with van der Waals surface area (Å²) < 4.78 is 8.23. The molecule has 1 aromatic carbocycles. The van der Waals surface area contributed by atoms with Crippen molar-refractivity contribution >= 4 is 23.6 Å². The van der Waals surface area contributed by atoms with Crippen molar-refractivity contribution in [2.24, 2.45) is 0 Å². The van der Waals surface area contributed by atoms with E-state index < -0.39 is 6.04 Å². The fourth-order valence-corrected chi connectivity index (χ4v) is 8.48. The number of aryl methyl sites for hydroxylation is 4. The number of pyridine rings is 1. The van der Waals surface area contributed by atoms with Crippen LogP contribution in [0.5, 0.6) is 0 Å². The van der Waals surface area contributed by atoms with Gasteiger partial charge in [-0.15, -0.1) is 0 Å². The topological polar surface area (TPSA) is 83.8 Å². The van der Waals surface area contributed by atoms with Crippen molar-refractivity contribution in [2.75, 3.05) is 26.2 Å². The van der Waals surface area contributed by atoms with E-state index in [-0.39, 0.29) is 30.2 Å². The minimum Gasteiger partial charge on any atom is -0.446 e. The van der Waals surface area contributed by atoms with Gasteiger partial charge in [0.15, 0.2) is 0 Å². The molecule has 2 saturated heterocycles. The van der Waals surface area contributed by atoms with E-state index in [2.05, 4.69) is 43.7 Å². The lowest BCUT2D eigenvalue weighted by Gasteiger charge is -2.46. The van der Waals surface area contributed by atoms with Gasteiger partial charge in [0, 0.05) is 56.2 Å². The Balaban J connectivity index is 1.19. The number of hydrogen-bond acceptors (Lipinski definition) is 6. The molecule has 3 atom stereocenters. The summed E-state index contributed by atoms with van der Waals surface area (Å²) in [4.78, 5) is 44.2. The summed E-state index contributed by atoms with van der Waals surface area (Å²) in [7, 11) is 0. The zero-order chi connectivity index (χ0) is 32.3. The molecule has 0 unspecified atom stereocenters. The van der Waals surface area contributed by atoms with Gasteiger partial charge in [-0.1, -0.05) is 30.2 Å². The quantitative estimate of drug-likeness (QED) is 0.307. The highest BCUT2D eigenvalue weighted by Gasteiger charge is 2.44. The Bertz CT molecular complexity index is 1570. The summed E-state index contributed by atoms with van der Waals surface area (Å²) in [6, 6.07) is 9.70. The first-order valence-electron chi connectivity index (χ1n) is 17.7. The highest BCUT2D eigenvalue weighted by atomic mass is 35.5.